The van der Waals surface area contributed by atoms with Crippen LogP contribution in [0.25, 0.3) is 0 Å². The van der Waals surface area contributed by atoms with Gasteiger partial charge < -0.3 is 10.4 Å². The van der Waals surface area contributed by atoms with Crippen molar-refractivity contribution in [3.63, 3.8) is 0 Å². The third kappa shape index (κ3) is 1.90. The number of thioether (sulfide) groups is 1. The zero-order chi connectivity index (χ0) is 11.8. The van der Waals surface area contributed by atoms with Crippen molar-refractivity contribution >= 4 is 29.3 Å². The second-order valence-electron chi connectivity index (χ2n) is 3.85. The molecule has 1 aromatic rings. The van der Waals surface area contributed by atoms with E-state index >= 15 is 0 Å². The lowest BCUT2D eigenvalue weighted by molar-refractivity contribution is -0.139. The van der Waals surface area contributed by atoms with E-state index in [0.29, 0.717) is 0 Å². The predicted octanol–water partition coefficient (Wildman–Crippen LogP) is 1.96. The number of hydrogen-bond donors (Lipinski definition) is 2. The second-order valence-corrected chi connectivity index (χ2v) is 5.40. The first-order valence-corrected chi connectivity index (χ1v) is 5.64. The smallest absolute Gasteiger partial charge is 0.305 e. The number of nitrogens with one attached hydrogen (secondary N) is 1. The summed E-state index contributed by atoms with van der Waals surface area (Å²) >= 11 is 1.30. The number of carbonyl (C=O) groups is 2. The number of anilines is 1. The molecule has 0 radical (unpaired) electrons. The van der Waals surface area contributed by atoms with Crippen molar-refractivity contribution < 1.29 is 14.7 Å². The Bertz CT molecular complexity index is 460. The number of benzene rings is 1. The first-order valence-electron chi connectivity index (χ1n) is 4.82. The van der Waals surface area contributed by atoms with Crippen LogP contribution in [0.3, 0.4) is 0 Å². The van der Waals surface area contributed by atoms with Crippen molar-refractivity contribution in [2.45, 2.75) is 23.0 Å². The molecular weight excluding hydrogens is 226 g/mol. The van der Waals surface area contributed by atoms with E-state index in [1.807, 2.05) is 18.2 Å². The first-order chi connectivity index (χ1) is 7.51. The summed E-state index contributed by atoms with van der Waals surface area (Å²) in [5, 5.41) is 11.5. The van der Waals surface area contributed by atoms with Gasteiger partial charge in [-0.15, -0.1) is 11.8 Å². The summed E-state index contributed by atoms with van der Waals surface area (Å²) in [5.41, 5.74) is 0.750. The summed E-state index contributed by atoms with van der Waals surface area (Å²) in [6.45, 7) is 1.65. The maximum absolute atomic E-state index is 11.8. The molecule has 0 fully saturated rings. The van der Waals surface area contributed by atoms with Crippen LogP contribution < -0.4 is 5.32 Å². The fourth-order valence-corrected chi connectivity index (χ4v) is 2.81. The number of hydrogen-bond acceptors (Lipinski definition) is 3. The van der Waals surface area contributed by atoms with Crippen molar-refractivity contribution in [3.8, 4) is 0 Å². The molecule has 2 rings (SSSR count). The van der Waals surface area contributed by atoms with Crippen LogP contribution in [0.4, 0.5) is 5.69 Å². The van der Waals surface area contributed by atoms with Gasteiger partial charge in [-0.3, -0.25) is 9.59 Å². The summed E-state index contributed by atoms with van der Waals surface area (Å²) < 4.78 is -0.930. The molecule has 0 saturated heterocycles. The summed E-state index contributed by atoms with van der Waals surface area (Å²) in [6, 6.07) is 7.38. The van der Waals surface area contributed by atoms with Gasteiger partial charge in [0.2, 0.25) is 5.91 Å². The van der Waals surface area contributed by atoms with Crippen molar-refractivity contribution in [1.82, 2.24) is 0 Å². The fraction of sp³-hybridized carbons (Fsp3) is 0.273. The molecular formula is C11H11NO3S. The summed E-state index contributed by atoms with van der Waals surface area (Å²) in [6.07, 6.45) is -0.183. The lowest BCUT2D eigenvalue weighted by Gasteiger charge is -2.31. The predicted molar refractivity (Wildman–Crippen MR) is 61.6 cm³/mol. The summed E-state index contributed by atoms with van der Waals surface area (Å²) in [5.74, 6) is -1.22. The Morgan fingerprint density at radius 2 is 2.19 bits per heavy atom. The average Bonchev–Trinajstić information content (AvgIpc) is 2.18. The van der Waals surface area contributed by atoms with Gasteiger partial charge in [-0.1, -0.05) is 12.1 Å². The third-order valence-corrected chi connectivity index (χ3v) is 3.80. The molecule has 1 atom stereocenters. The Kier molecular flexibility index (Phi) is 2.63. The molecule has 1 heterocycles. The topological polar surface area (TPSA) is 66.4 Å². The molecule has 0 spiro atoms. The molecule has 0 bridgehead atoms. The van der Waals surface area contributed by atoms with E-state index in [2.05, 4.69) is 5.32 Å². The van der Waals surface area contributed by atoms with Crippen molar-refractivity contribution in [2.24, 2.45) is 0 Å². The Hall–Kier alpha value is -1.49. The normalized spacial score (nSPS) is 23.4. The molecule has 1 aliphatic heterocycles. The molecule has 2 N–H and O–H groups in total. The molecule has 0 aliphatic carbocycles. The minimum atomic E-state index is -0.968. The lowest BCUT2D eigenvalue weighted by atomic mass is 10.1. The van der Waals surface area contributed by atoms with E-state index in [9.17, 15) is 9.59 Å². The molecule has 0 saturated carbocycles. The summed E-state index contributed by atoms with van der Waals surface area (Å²) in [4.78, 5) is 23.5. The molecule has 16 heavy (non-hydrogen) atoms. The van der Waals surface area contributed by atoms with Gasteiger partial charge >= 0.3 is 5.97 Å². The Morgan fingerprint density at radius 1 is 1.50 bits per heavy atom. The quantitative estimate of drug-likeness (QED) is 0.825. The molecule has 1 aliphatic rings. The van der Waals surface area contributed by atoms with Gasteiger partial charge in [0.1, 0.15) is 4.75 Å². The molecule has 0 unspecified atom stereocenters. The number of carboxylic acid groups (broad SMARTS) is 1. The van der Waals surface area contributed by atoms with Crippen LogP contribution >= 0.6 is 11.8 Å². The maximum atomic E-state index is 11.8. The Morgan fingerprint density at radius 3 is 2.88 bits per heavy atom. The van der Waals surface area contributed by atoms with Gasteiger partial charge in [0.15, 0.2) is 0 Å². The van der Waals surface area contributed by atoms with E-state index in [1.54, 1.807) is 13.0 Å². The molecule has 5 heteroatoms. The molecule has 4 nitrogen and oxygen atoms in total. The van der Waals surface area contributed by atoms with Gasteiger partial charge in [0.25, 0.3) is 0 Å². The van der Waals surface area contributed by atoms with Gasteiger partial charge in [-0.25, -0.2) is 0 Å². The highest BCUT2D eigenvalue weighted by atomic mass is 32.2. The van der Waals surface area contributed by atoms with Crippen LogP contribution in [0.1, 0.15) is 13.3 Å². The van der Waals surface area contributed by atoms with Crippen molar-refractivity contribution in [2.75, 3.05) is 5.32 Å². The van der Waals surface area contributed by atoms with Gasteiger partial charge in [0, 0.05) is 4.90 Å². The molecule has 0 aromatic heterocycles. The minimum Gasteiger partial charge on any atom is -0.481 e. The maximum Gasteiger partial charge on any atom is 0.305 e. The molecule has 84 valence electrons. The standard InChI is InChI=1S/C11H11NO3S/c1-11(6-9(13)14)10(15)12-7-4-2-3-5-8(7)16-11/h2-5H,6H2,1H3,(H,12,15)(H,13,14)/t11-/m0/s1. The highest BCUT2D eigenvalue weighted by Gasteiger charge is 2.40. The van der Waals surface area contributed by atoms with Crippen molar-refractivity contribution in [3.05, 3.63) is 24.3 Å². The lowest BCUT2D eigenvalue weighted by Crippen LogP contribution is -2.41. The largest absolute Gasteiger partial charge is 0.481 e. The summed E-state index contributed by atoms with van der Waals surface area (Å²) in [7, 11) is 0. The SMILES string of the molecule is C[C@@]1(CC(=O)O)Sc2ccccc2NC1=O. The van der Waals surface area contributed by atoms with Crippen LogP contribution in [-0.4, -0.2) is 21.7 Å². The van der Waals surface area contributed by atoms with Gasteiger partial charge in [-0.05, 0) is 19.1 Å². The number of aliphatic carboxylic acids is 1. The zero-order valence-corrected chi connectivity index (χ0v) is 9.50. The number of carboxylic acids is 1. The number of carbonyl (C=O) groups excluding carboxylic acids is 1. The minimum absolute atomic E-state index is 0.183. The van der Waals surface area contributed by atoms with Crippen LogP contribution in [-0.2, 0) is 9.59 Å². The highest BCUT2D eigenvalue weighted by molar-refractivity contribution is 8.01. The van der Waals surface area contributed by atoms with Crippen LogP contribution in [0.2, 0.25) is 0 Å². The molecule has 1 aromatic carbocycles. The van der Waals surface area contributed by atoms with Gasteiger partial charge in [-0.2, -0.15) is 0 Å². The van der Waals surface area contributed by atoms with E-state index in [-0.39, 0.29) is 12.3 Å². The van der Waals surface area contributed by atoms with Crippen LogP contribution in [0, 0.1) is 0 Å². The van der Waals surface area contributed by atoms with E-state index in [1.165, 1.54) is 11.8 Å². The fourth-order valence-electron chi connectivity index (χ4n) is 1.61. The van der Waals surface area contributed by atoms with E-state index < -0.39 is 10.7 Å². The number of fused-ring (bicyclic) bond motifs is 1. The third-order valence-electron chi connectivity index (χ3n) is 2.44. The average molecular weight is 237 g/mol. The Balaban J connectivity index is 2.34. The van der Waals surface area contributed by atoms with Gasteiger partial charge in [0.05, 0.1) is 12.1 Å². The Labute approximate surface area is 97.0 Å². The monoisotopic (exact) mass is 237 g/mol. The van der Waals surface area contributed by atoms with Crippen LogP contribution in [0.15, 0.2) is 29.2 Å². The number of para-hydroxylation sites is 1. The number of amides is 1. The van der Waals surface area contributed by atoms with Crippen LogP contribution in [0.5, 0.6) is 0 Å². The van der Waals surface area contributed by atoms with E-state index in [0.717, 1.165) is 10.6 Å². The highest BCUT2D eigenvalue weighted by Crippen LogP contribution is 2.43. The second kappa shape index (κ2) is 3.83. The van der Waals surface area contributed by atoms with Crippen molar-refractivity contribution in [1.29, 1.82) is 0 Å². The zero-order valence-electron chi connectivity index (χ0n) is 8.69. The number of rotatable bonds is 2. The first kappa shape index (κ1) is 11.0. The molecule has 1 amide bonds. The van der Waals surface area contributed by atoms with E-state index in [4.69, 9.17) is 5.11 Å².